The zero-order valence-electron chi connectivity index (χ0n) is 21.3. The Kier molecular flexibility index (Phi) is 6.68. The van der Waals surface area contributed by atoms with E-state index >= 15 is 0 Å². The van der Waals surface area contributed by atoms with Gasteiger partial charge in [0.15, 0.2) is 5.65 Å². The molecule has 6 rings (SSSR count). The molecule has 4 aromatic heterocycles. The van der Waals surface area contributed by atoms with Crippen molar-refractivity contribution in [2.24, 2.45) is 0 Å². The number of ether oxygens (including phenoxy) is 1. The summed E-state index contributed by atoms with van der Waals surface area (Å²) >= 11 is 0. The molecular weight excluding hydrogens is 490 g/mol. The van der Waals surface area contributed by atoms with Gasteiger partial charge in [-0.05, 0) is 61.4 Å². The van der Waals surface area contributed by atoms with Gasteiger partial charge >= 0.3 is 0 Å². The first-order chi connectivity index (χ1) is 19.1. The van der Waals surface area contributed by atoms with E-state index in [1.54, 1.807) is 23.1 Å². The Bertz CT molecular complexity index is 1710. The molecular formula is C30H25N7O2. The van der Waals surface area contributed by atoms with Crippen LogP contribution in [-0.4, -0.2) is 61.7 Å². The van der Waals surface area contributed by atoms with Crippen LogP contribution in [0.4, 0.5) is 11.5 Å². The SMILES string of the molecule is Cc1ncccc1Nc1cc(C#Cc2cnc3ccc(-c4ccc(C(=O)N5CCOCC5)cc4)nn23)ccn1. The van der Waals surface area contributed by atoms with Crippen molar-refractivity contribution < 1.29 is 9.53 Å². The predicted molar refractivity (Wildman–Crippen MR) is 148 cm³/mol. The number of nitrogens with zero attached hydrogens (tertiary/aromatic N) is 6. The molecule has 1 N–H and O–H groups in total. The van der Waals surface area contributed by atoms with Gasteiger partial charge in [0.05, 0.1) is 36.5 Å². The normalized spacial score (nSPS) is 13.1. The number of aryl methyl sites for hydroxylation is 1. The highest BCUT2D eigenvalue weighted by Crippen LogP contribution is 2.20. The van der Waals surface area contributed by atoms with E-state index in [9.17, 15) is 4.79 Å². The van der Waals surface area contributed by atoms with Crippen LogP contribution in [0.5, 0.6) is 0 Å². The number of pyridine rings is 2. The number of nitrogens with one attached hydrogen (secondary N) is 1. The molecule has 0 saturated carbocycles. The van der Waals surface area contributed by atoms with Crippen LogP contribution in [0.2, 0.25) is 0 Å². The number of rotatable bonds is 4. The number of amides is 1. The van der Waals surface area contributed by atoms with Gasteiger partial charge in [-0.3, -0.25) is 9.78 Å². The van der Waals surface area contributed by atoms with Gasteiger partial charge in [-0.2, -0.15) is 5.10 Å². The fourth-order valence-corrected chi connectivity index (χ4v) is 4.31. The highest BCUT2D eigenvalue weighted by molar-refractivity contribution is 5.94. The molecule has 192 valence electrons. The molecule has 0 unspecified atom stereocenters. The fourth-order valence-electron chi connectivity index (χ4n) is 4.31. The first-order valence-corrected chi connectivity index (χ1v) is 12.6. The number of imidazole rings is 1. The van der Waals surface area contributed by atoms with Crippen molar-refractivity contribution in [3.8, 4) is 23.1 Å². The van der Waals surface area contributed by atoms with E-state index in [0.717, 1.165) is 28.2 Å². The third-order valence-corrected chi connectivity index (χ3v) is 6.45. The number of morpholine rings is 1. The van der Waals surface area contributed by atoms with Gasteiger partial charge in [0.1, 0.15) is 11.5 Å². The summed E-state index contributed by atoms with van der Waals surface area (Å²) < 4.78 is 7.08. The van der Waals surface area contributed by atoms with Gasteiger partial charge < -0.3 is 15.0 Å². The maximum absolute atomic E-state index is 12.8. The van der Waals surface area contributed by atoms with Gasteiger partial charge in [-0.25, -0.2) is 14.5 Å². The third kappa shape index (κ3) is 5.32. The van der Waals surface area contributed by atoms with Crippen LogP contribution in [0.25, 0.3) is 16.9 Å². The van der Waals surface area contributed by atoms with Crippen molar-refractivity contribution >= 4 is 23.1 Å². The predicted octanol–water partition coefficient (Wildman–Crippen LogP) is 4.11. The number of carbonyl (C=O) groups is 1. The number of hydrogen-bond donors (Lipinski definition) is 1. The highest BCUT2D eigenvalue weighted by atomic mass is 16.5. The second-order valence-corrected chi connectivity index (χ2v) is 9.06. The lowest BCUT2D eigenvalue weighted by molar-refractivity contribution is 0.0303. The minimum Gasteiger partial charge on any atom is -0.378 e. The highest BCUT2D eigenvalue weighted by Gasteiger charge is 2.18. The molecule has 0 bridgehead atoms. The van der Waals surface area contributed by atoms with Gasteiger partial charge in [-0.1, -0.05) is 18.1 Å². The second-order valence-electron chi connectivity index (χ2n) is 9.06. The van der Waals surface area contributed by atoms with Crippen LogP contribution in [0.1, 0.15) is 27.3 Å². The summed E-state index contributed by atoms with van der Waals surface area (Å²) in [6.07, 6.45) is 5.19. The molecule has 0 atom stereocenters. The van der Waals surface area contributed by atoms with Crippen LogP contribution < -0.4 is 5.32 Å². The number of benzene rings is 1. The summed E-state index contributed by atoms with van der Waals surface area (Å²) in [7, 11) is 0. The lowest BCUT2D eigenvalue weighted by atomic mass is 10.1. The van der Waals surface area contributed by atoms with Crippen molar-refractivity contribution in [1.29, 1.82) is 0 Å². The lowest BCUT2D eigenvalue weighted by Crippen LogP contribution is -2.40. The average Bonchev–Trinajstić information content (AvgIpc) is 3.40. The zero-order chi connectivity index (χ0) is 26.6. The Labute approximate surface area is 225 Å². The van der Waals surface area contributed by atoms with Crippen LogP contribution in [0.3, 0.4) is 0 Å². The Morgan fingerprint density at radius 2 is 1.79 bits per heavy atom. The number of fused-ring (bicyclic) bond motifs is 1. The standard InChI is InChI=1S/C30H25N7O2/c1-21-26(3-2-13-31-21)34-28-19-22(12-14-32-28)4-9-25-20-33-29-11-10-27(35-37(25)29)23-5-7-24(8-6-23)30(38)36-15-17-39-18-16-36/h2-3,5-8,10-14,19-20H,15-18H2,1H3,(H,32,34). The first-order valence-electron chi connectivity index (χ1n) is 12.6. The topological polar surface area (TPSA) is 97.5 Å². The number of aromatic nitrogens is 5. The molecule has 1 fully saturated rings. The monoisotopic (exact) mass is 515 g/mol. The van der Waals surface area contributed by atoms with E-state index in [-0.39, 0.29) is 5.91 Å². The van der Waals surface area contributed by atoms with Crippen LogP contribution in [0.15, 0.2) is 79.3 Å². The fraction of sp³-hybridized carbons (Fsp3) is 0.167. The molecule has 9 nitrogen and oxygen atoms in total. The van der Waals surface area contributed by atoms with Crippen LogP contribution in [0, 0.1) is 18.8 Å². The summed E-state index contributed by atoms with van der Waals surface area (Å²) in [4.78, 5) is 27.7. The van der Waals surface area contributed by atoms with E-state index in [0.29, 0.717) is 49.0 Å². The Balaban J connectivity index is 1.22. The Morgan fingerprint density at radius 1 is 0.949 bits per heavy atom. The number of carbonyl (C=O) groups excluding carboxylic acids is 1. The second kappa shape index (κ2) is 10.7. The molecule has 9 heteroatoms. The molecule has 1 amide bonds. The summed E-state index contributed by atoms with van der Waals surface area (Å²) in [6.45, 7) is 4.33. The molecule has 5 heterocycles. The molecule has 1 aromatic carbocycles. The Hall–Kier alpha value is -5.07. The van der Waals surface area contributed by atoms with Gasteiger partial charge in [0.25, 0.3) is 5.91 Å². The lowest BCUT2D eigenvalue weighted by Gasteiger charge is -2.26. The molecule has 5 aromatic rings. The summed E-state index contributed by atoms with van der Waals surface area (Å²) in [6, 6.07) is 18.9. The average molecular weight is 516 g/mol. The van der Waals surface area contributed by atoms with E-state index in [1.807, 2.05) is 72.5 Å². The van der Waals surface area contributed by atoms with E-state index in [1.165, 1.54) is 0 Å². The summed E-state index contributed by atoms with van der Waals surface area (Å²) in [5, 5.41) is 8.06. The smallest absolute Gasteiger partial charge is 0.254 e. The van der Waals surface area contributed by atoms with Crippen molar-refractivity contribution in [3.05, 3.63) is 102 Å². The molecule has 1 aliphatic heterocycles. The van der Waals surface area contributed by atoms with Gasteiger partial charge in [0, 0.05) is 42.2 Å². The Morgan fingerprint density at radius 3 is 2.62 bits per heavy atom. The van der Waals surface area contributed by atoms with Crippen molar-refractivity contribution in [2.45, 2.75) is 6.92 Å². The number of hydrogen-bond acceptors (Lipinski definition) is 7. The molecule has 0 spiro atoms. The van der Waals surface area contributed by atoms with Crippen LogP contribution >= 0.6 is 0 Å². The number of anilines is 2. The van der Waals surface area contributed by atoms with Crippen molar-refractivity contribution in [2.75, 3.05) is 31.6 Å². The molecule has 1 aliphatic rings. The molecule has 0 radical (unpaired) electrons. The van der Waals surface area contributed by atoms with E-state index in [4.69, 9.17) is 9.84 Å². The maximum Gasteiger partial charge on any atom is 0.254 e. The van der Waals surface area contributed by atoms with Crippen molar-refractivity contribution in [1.82, 2.24) is 29.5 Å². The molecule has 1 saturated heterocycles. The summed E-state index contributed by atoms with van der Waals surface area (Å²) in [5.41, 5.74) is 6.27. The van der Waals surface area contributed by atoms with E-state index in [2.05, 4.69) is 32.1 Å². The molecule has 39 heavy (non-hydrogen) atoms. The summed E-state index contributed by atoms with van der Waals surface area (Å²) in [5.74, 6) is 7.08. The van der Waals surface area contributed by atoms with Gasteiger partial charge in [0.2, 0.25) is 0 Å². The van der Waals surface area contributed by atoms with Crippen LogP contribution in [-0.2, 0) is 4.74 Å². The quantitative estimate of drug-likeness (QED) is 0.360. The maximum atomic E-state index is 12.8. The van der Waals surface area contributed by atoms with Crippen molar-refractivity contribution in [3.63, 3.8) is 0 Å². The molecule has 0 aliphatic carbocycles. The van der Waals surface area contributed by atoms with Gasteiger partial charge in [-0.15, -0.1) is 0 Å². The van der Waals surface area contributed by atoms with E-state index < -0.39 is 0 Å². The minimum atomic E-state index is 0.0190. The minimum absolute atomic E-state index is 0.0190. The zero-order valence-corrected chi connectivity index (χ0v) is 21.3. The first kappa shape index (κ1) is 24.3. The third-order valence-electron chi connectivity index (χ3n) is 6.45. The largest absolute Gasteiger partial charge is 0.378 e.